The van der Waals surface area contributed by atoms with Gasteiger partial charge >= 0.3 is 0 Å². The van der Waals surface area contributed by atoms with Crippen LogP contribution in [0.2, 0.25) is 0 Å². The van der Waals surface area contributed by atoms with E-state index in [4.69, 9.17) is 4.52 Å². The van der Waals surface area contributed by atoms with Gasteiger partial charge in [0.2, 0.25) is 0 Å². The fourth-order valence-electron chi connectivity index (χ4n) is 3.11. The highest BCUT2D eigenvalue weighted by Gasteiger charge is 2.24. The second kappa shape index (κ2) is 5.98. The van der Waals surface area contributed by atoms with Gasteiger partial charge in [-0.25, -0.2) is 9.67 Å². The second-order valence-corrected chi connectivity index (χ2v) is 6.90. The van der Waals surface area contributed by atoms with Crippen molar-refractivity contribution in [2.45, 2.75) is 52.0 Å². The molecule has 25 heavy (non-hydrogen) atoms. The Balaban J connectivity index is 1.72. The van der Waals surface area contributed by atoms with Gasteiger partial charge < -0.3 is 9.84 Å². The van der Waals surface area contributed by atoms with Crippen LogP contribution in [0.15, 0.2) is 22.9 Å². The molecular weight excluding hydrogens is 318 g/mol. The highest BCUT2D eigenvalue weighted by atomic mass is 16.5. The Morgan fingerprint density at radius 3 is 2.88 bits per heavy atom. The summed E-state index contributed by atoms with van der Waals surface area (Å²) >= 11 is 0. The fraction of sp³-hybridized carbons (Fsp3) is 0.444. The lowest BCUT2D eigenvalue weighted by Crippen LogP contribution is -2.23. The third kappa shape index (κ3) is 2.69. The van der Waals surface area contributed by atoms with Crippen molar-refractivity contribution in [2.75, 3.05) is 5.32 Å². The van der Waals surface area contributed by atoms with Crippen LogP contribution < -0.4 is 5.32 Å². The molecule has 0 aromatic carbocycles. The Labute approximate surface area is 145 Å². The first-order valence-electron chi connectivity index (χ1n) is 8.66. The van der Waals surface area contributed by atoms with Gasteiger partial charge in [0, 0.05) is 11.8 Å². The number of aryl methyl sites for hydroxylation is 1. The molecule has 0 saturated heterocycles. The number of carbonyl (C=O) groups excluding carboxylic acids is 1. The van der Waals surface area contributed by atoms with E-state index in [1.807, 2.05) is 37.6 Å². The highest BCUT2D eigenvalue weighted by Crippen LogP contribution is 2.33. The smallest absolute Gasteiger partial charge is 0.259 e. The summed E-state index contributed by atoms with van der Waals surface area (Å²) in [7, 11) is 0. The zero-order valence-electron chi connectivity index (χ0n) is 14.6. The minimum absolute atomic E-state index is 0.182. The van der Waals surface area contributed by atoms with Crippen LogP contribution in [0, 0.1) is 6.92 Å². The van der Waals surface area contributed by atoms with Crippen molar-refractivity contribution in [1.82, 2.24) is 19.9 Å². The van der Waals surface area contributed by atoms with E-state index in [1.165, 1.54) is 6.42 Å². The van der Waals surface area contributed by atoms with Crippen LogP contribution in [0.5, 0.6) is 0 Å². The number of fused-ring (bicyclic) bond motifs is 1. The lowest BCUT2D eigenvalue weighted by atomic mass is 9.93. The van der Waals surface area contributed by atoms with Crippen LogP contribution >= 0.6 is 0 Å². The summed E-state index contributed by atoms with van der Waals surface area (Å²) in [5.74, 6) is 0.711. The quantitative estimate of drug-likeness (QED) is 0.781. The van der Waals surface area contributed by atoms with Gasteiger partial charge in [-0.15, -0.1) is 0 Å². The molecule has 1 N–H and O–H groups in total. The number of amides is 1. The van der Waals surface area contributed by atoms with E-state index < -0.39 is 0 Å². The summed E-state index contributed by atoms with van der Waals surface area (Å²) in [6.45, 7) is 5.88. The van der Waals surface area contributed by atoms with Gasteiger partial charge in [0.25, 0.3) is 11.6 Å². The molecule has 1 saturated carbocycles. The van der Waals surface area contributed by atoms with Crippen molar-refractivity contribution in [3.63, 3.8) is 0 Å². The summed E-state index contributed by atoms with van der Waals surface area (Å²) in [5, 5.41) is 12.0. The summed E-state index contributed by atoms with van der Waals surface area (Å²) in [6, 6.07) is 4.04. The van der Waals surface area contributed by atoms with E-state index in [9.17, 15) is 4.79 Å². The molecule has 130 valence electrons. The summed E-state index contributed by atoms with van der Waals surface area (Å²) < 4.78 is 7.20. The zero-order chi connectivity index (χ0) is 17.6. The number of aromatic nitrogens is 4. The molecule has 1 amide bonds. The van der Waals surface area contributed by atoms with E-state index >= 15 is 0 Å². The number of carbonyl (C=O) groups is 1. The van der Waals surface area contributed by atoms with Crippen LogP contribution in [-0.4, -0.2) is 25.8 Å². The van der Waals surface area contributed by atoms with E-state index in [-0.39, 0.29) is 11.8 Å². The first kappa shape index (κ1) is 15.8. The van der Waals surface area contributed by atoms with Crippen molar-refractivity contribution in [3.8, 4) is 0 Å². The van der Waals surface area contributed by atoms with Gasteiger partial charge in [-0.2, -0.15) is 5.10 Å². The van der Waals surface area contributed by atoms with Gasteiger partial charge in [0.05, 0.1) is 28.9 Å². The first-order chi connectivity index (χ1) is 12.0. The summed E-state index contributed by atoms with van der Waals surface area (Å²) in [5.41, 5.74) is 2.41. The molecule has 1 aliphatic carbocycles. The Morgan fingerprint density at radius 2 is 2.20 bits per heavy atom. The molecule has 3 aromatic rings. The minimum atomic E-state index is -0.193. The molecular formula is C18H21N5O2. The maximum Gasteiger partial charge on any atom is 0.259 e. The van der Waals surface area contributed by atoms with Crippen molar-refractivity contribution >= 4 is 22.8 Å². The van der Waals surface area contributed by atoms with Gasteiger partial charge in [0.1, 0.15) is 5.82 Å². The van der Waals surface area contributed by atoms with Crippen molar-refractivity contribution in [1.29, 1.82) is 0 Å². The van der Waals surface area contributed by atoms with Crippen LogP contribution in [0.25, 0.3) is 11.1 Å². The molecule has 1 fully saturated rings. The van der Waals surface area contributed by atoms with Gasteiger partial charge in [-0.1, -0.05) is 19.0 Å². The molecule has 7 heteroatoms. The van der Waals surface area contributed by atoms with Crippen molar-refractivity contribution in [2.24, 2.45) is 0 Å². The molecule has 3 heterocycles. The predicted octanol–water partition coefficient (Wildman–Crippen LogP) is 3.83. The normalized spacial score (nSPS) is 14.9. The average Bonchev–Trinajstić information content (AvgIpc) is 3.12. The van der Waals surface area contributed by atoms with Crippen LogP contribution in [0.3, 0.4) is 0 Å². The molecule has 0 aliphatic heterocycles. The molecule has 1 aliphatic rings. The van der Waals surface area contributed by atoms with Crippen molar-refractivity contribution < 1.29 is 9.32 Å². The molecule has 0 radical (unpaired) electrons. The Hall–Kier alpha value is -2.70. The highest BCUT2D eigenvalue weighted by molar-refractivity contribution is 6.12. The number of rotatable bonds is 4. The average molecular weight is 339 g/mol. The standard InChI is InChI=1S/C18H21N5O2/c1-10(2)14-9-13(16-11(3)22-25-18(16)20-14)17(24)21-15-7-8-19-23(15)12-5-4-6-12/h7-10,12H,4-6H2,1-3H3,(H,21,24). The minimum Gasteiger partial charge on any atom is -0.336 e. The van der Waals surface area contributed by atoms with Crippen molar-refractivity contribution in [3.05, 3.63) is 35.3 Å². The molecule has 7 nitrogen and oxygen atoms in total. The molecule has 0 bridgehead atoms. The lowest BCUT2D eigenvalue weighted by Gasteiger charge is -2.27. The number of nitrogens with zero attached hydrogens (tertiary/aromatic N) is 4. The van der Waals surface area contributed by atoms with E-state index in [0.717, 1.165) is 24.4 Å². The summed E-state index contributed by atoms with van der Waals surface area (Å²) in [6.07, 6.45) is 5.14. The number of anilines is 1. The van der Waals surface area contributed by atoms with E-state index in [0.29, 0.717) is 28.4 Å². The monoisotopic (exact) mass is 339 g/mol. The van der Waals surface area contributed by atoms with Crippen LogP contribution in [0.4, 0.5) is 5.82 Å². The SMILES string of the molecule is Cc1noc2nc(C(C)C)cc(C(=O)Nc3ccnn3C3CCC3)c12. The first-order valence-corrected chi connectivity index (χ1v) is 8.66. The Morgan fingerprint density at radius 1 is 1.40 bits per heavy atom. The third-order valence-corrected chi connectivity index (χ3v) is 4.81. The van der Waals surface area contributed by atoms with E-state index in [2.05, 4.69) is 20.6 Å². The number of pyridine rings is 1. The van der Waals surface area contributed by atoms with Gasteiger partial charge in [0.15, 0.2) is 0 Å². The lowest BCUT2D eigenvalue weighted by molar-refractivity contribution is 0.102. The molecule has 0 spiro atoms. The predicted molar refractivity (Wildman–Crippen MR) is 93.7 cm³/mol. The molecule has 0 unspecified atom stereocenters. The fourth-order valence-corrected chi connectivity index (χ4v) is 3.11. The maximum absolute atomic E-state index is 13.0. The Bertz CT molecular complexity index is 936. The number of hydrogen-bond donors (Lipinski definition) is 1. The maximum atomic E-state index is 13.0. The molecule has 0 atom stereocenters. The van der Waals surface area contributed by atoms with Crippen LogP contribution in [0.1, 0.15) is 66.8 Å². The number of hydrogen-bond acceptors (Lipinski definition) is 5. The largest absolute Gasteiger partial charge is 0.336 e. The summed E-state index contributed by atoms with van der Waals surface area (Å²) in [4.78, 5) is 17.5. The molecule has 4 rings (SSSR count). The Kier molecular flexibility index (Phi) is 3.78. The number of nitrogens with one attached hydrogen (secondary N) is 1. The van der Waals surface area contributed by atoms with Gasteiger partial charge in [-0.05, 0) is 38.2 Å². The topological polar surface area (TPSA) is 85.8 Å². The molecule has 3 aromatic heterocycles. The van der Waals surface area contributed by atoms with Gasteiger partial charge in [-0.3, -0.25) is 4.79 Å². The zero-order valence-corrected chi connectivity index (χ0v) is 14.6. The van der Waals surface area contributed by atoms with E-state index in [1.54, 1.807) is 6.20 Å². The third-order valence-electron chi connectivity index (χ3n) is 4.81. The van der Waals surface area contributed by atoms with Crippen LogP contribution in [-0.2, 0) is 0 Å². The second-order valence-electron chi connectivity index (χ2n) is 6.90.